The fourth-order valence-corrected chi connectivity index (χ4v) is 2.15. The van der Waals surface area contributed by atoms with Gasteiger partial charge in [0.2, 0.25) is 0 Å². The Hall–Kier alpha value is -0.440. The molecule has 0 aromatic heterocycles. The number of carbonyl (C=O) groups excluding carboxylic acids is 1. The molecule has 1 unspecified atom stereocenters. The van der Waals surface area contributed by atoms with Crippen LogP contribution < -0.4 is 5.32 Å². The molecule has 3 nitrogen and oxygen atoms in total. The lowest BCUT2D eigenvalue weighted by Gasteiger charge is -2.37. The van der Waals surface area contributed by atoms with Crippen molar-refractivity contribution >= 4 is 17.6 Å². The average molecular weight is 219 g/mol. The molecule has 0 radical (unpaired) electrons. The molecule has 0 spiro atoms. The van der Waals surface area contributed by atoms with E-state index in [0.29, 0.717) is 5.88 Å². The van der Waals surface area contributed by atoms with E-state index in [1.165, 1.54) is 0 Å². The van der Waals surface area contributed by atoms with E-state index >= 15 is 0 Å². The first-order valence-corrected chi connectivity index (χ1v) is 5.60. The second kappa shape index (κ2) is 4.39. The van der Waals surface area contributed by atoms with E-state index in [1.807, 2.05) is 4.90 Å². The molecule has 0 aromatic carbocycles. The van der Waals surface area contributed by atoms with Crippen LogP contribution in [0.3, 0.4) is 0 Å². The summed E-state index contributed by atoms with van der Waals surface area (Å²) < 4.78 is 0. The smallest absolute Gasteiger partial charge is 0.317 e. The fourth-order valence-electron chi connectivity index (χ4n) is 1.94. The molecule has 2 amide bonds. The summed E-state index contributed by atoms with van der Waals surface area (Å²) in [5, 5.41) is 2.82. The summed E-state index contributed by atoms with van der Waals surface area (Å²) in [6.07, 6.45) is 0.860. The molecule has 0 aliphatic carbocycles. The Morgan fingerprint density at radius 2 is 2.21 bits per heavy atom. The molecule has 82 valence electrons. The second-order valence-electron chi connectivity index (χ2n) is 4.78. The van der Waals surface area contributed by atoms with Crippen molar-refractivity contribution in [2.24, 2.45) is 5.41 Å². The average Bonchev–Trinajstić information content (AvgIpc) is 2.45. The van der Waals surface area contributed by atoms with Gasteiger partial charge in [-0.1, -0.05) is 20.8 Å². The van der Waals surface area contributed by atoms with Crippen LogP contribution in [0, 0.1) is 5.41 Å². The molecule has 1 fully saturated rings. The predicted octanol–water partition coefficient (Wildman–Crippen LogP) is 2.06. The standard InChI is InChI=1S/C10H19ClN2O/c1-10(2,3)8(4-5-11)13-7-6-12-9(13)14/h8H,4-7H2,1-3H3,(H,12,14). The lowest BCUT2D eigenvalue weighted by molar-refractivity contribution is 0.134. The molecule has 1 N–H and O–H groups in total. The van der Waals surface area contributed by atoms with Crippen molar-refractivity contribution in [3.63, 3.8) is 0 Å². The lowest BCUT2D eigenvalue weighted by atomic mass is 9.84. The van der Waals surface area contributed by atoms with Crippen molar-refractivity contribution in [1.29, 1.82) is 0 Å². The van der Waals surface area contributed by atoms with Gasteiger partial charge in [-0.2, -0.15) is 0 Å². The maximum Gasteiger partial charge on any atom is 0.317 e. The van der Waals surface area contributed by atoms with E-state index in [1.54, 1.807) is 0 Å². The summed E-state index contributed by atoms with van der Waals surface area (Å²) in [6, 6.07) is 0.289. The molecule has 0 saturated carbocycles. The maximum atomic E-state index is 11.5. The van der Waals surface area contributed by atoms with Gasteiger partial charge < -0.3 is 10.2 Å². The number of hydrogen-bond donors (Lipinski definition) is 1. The summed E-state index contributed by atoms with van der Waals surface area (Å²) >= 11 is 5.77. The number of carbonyl (C=O) groups is 1. The molecule has 0 bridgehead atoms. The highest BCUT2D eigenvalue weighted by molar-refractivity contribution is 6.17. The monoisotopic (exact) mass is 218 g/mol. The van der Waals surface area contributed by atoms with Crippen LogP contribution >= 0.6 is 11.6 Å². The van der Waals surface area contributed by atoms with Crippen LogP contribution in [0.25, 0.3) is 0 Å². The molecule has 1 saturated heterocycles. The zero-order valence-electron chi connectivity index (χ0n) is 9.14. The minimum Gasteiger partial charge on any atom is -0.336 e. The molecular weight excluding hydrogens is 200 g/mol. The summed E-state index contributed by atoms with van der Waals surface area (Å²) in [4.78, 5) is 13.4. The van der Waals surface area contributed by atoms with Gasteiger partial charge in [-0.05, 0) is 11.8 Å². The Bertz CT molecular complexity index is 213. The first-order valence-electron chi connectivity index (χ1n) is 5.07. The second-order valence-corrected chi connectivity index (χ2v) is 5.16. The van der Waals surface area contributed by atoms with Crippen LogP contribution in [0.4, 0.5) is 4.79 Å². The van der Waals surface area contributed by atoms with Crippen LogP contribution in [-0.2, 0) is 0 Å². The van der Waals surface area contributed by atoms with Gasteiger partial charge in [0.05, 0.1) is 0 Å². The summed E-state index contributed by atoms with van der Waals surface area (Å²) in [7, 11) is 0. The fraction of sp³-hybridized carbons (Fsp3) is 0.900. The van der Waals surface area contributed by atoms with E-state index in [0.717, 1.165) is 19.5 Å². The minimum absolute atomic E-state index is 0.0510. The quantitative estimate of drug-likeness (QED) is 0.723. The van der Waals surface area contributed by atoms with Crippen molar-refractivity contribution in [3.8, 4) is 0 Å². The molecule has 1 heterocycles. The third kappa shape index (κ3) is 2.53. The van der Waals surface area contributed by atoms with Gasteiger partial charge in [0.15, 0.2) is 0 Å². The Kier molecular flexibility index (Phi) is 3.65. The molecular formula is C10H19ClN2O. The molecule has 1 aliphatic rings. The molecule has 14 heavy (non-hydrogen) atoms. The van der Waals surface area contributed by atoms with E-state index in [-0.39, 0.29) is 17.5 Å². The van der Waals surface area contributed by atoms with Crippen molar-refractivity contribution < 1.29 is 4.79 Å². The largest absolute Gasteiger partial charge is 0.336 e. The van der Waals surface area contributed by atoms with Crippen LogP contribution in [0.15, 0.2) is 0 Å². The highest BCUT2D eigenvalue weighted by Crippen LogP contribution is 2.28. The summed E-state index contributed by atoms with van der Waals surface area (Å²) in [5.74, 6) is 0.603. The summed E-state index contributed by atoms with van der Waals surface area (Å²) in [6.45, 7) is 8.01. The number of halogens is 1. The van der Waals surface area contributed by atoms with Gasteiger partial charge in [0.1, 0.15) is 0 Å². The van der Waals surface area contributed by atoms with Gasteiger partial charge >= 0.3 is 6.03 Å². The van der Waals surface area contributed by atoms with E-state index in [4.69, 9.17) is 11.6 Å². The Labute approximate surface area is 90.8 Å². The van der Waals surface area contributed by atoms with Gasteiger partial charge in [0.25, 0.3) is 0 Å². The predicted molar refractivity (Wildman–Crippen MR) is 58.7 cm³/mol. The number of hydrogen-bond acceptors (Lipinski definition) is 1. The zero-order chi connectivity index (χ0) is 10.8. The number of nitrogens with one attached hydrogen (secondary N) is 1. The molecule has 1 atom stereocenters. The number of urea groups is 1. The highest BCUT2D eigenvalue weighted by Gasteiger charge is 2.34. The van der Waals surface area contributed by atoms with E-state index in [2.05, 4.69) is 26.1 Å². The maximum absolute atomic E-state index is 11.5. The number of alkyl halides is 1. The van der Waals surface area contributed by atoms with E-state index < -0.39 is 0 Å². The third-order valence-electron chi connectivity index (χ3n) is 2.65. The summed E-state index contributed by atoms with van der Waals surface area (Å²) in [5.41, 5.74) is 0.0938. The number of nitrogens with zero attached hydrogens (tertiary/aromatic N) is 1. The van der Waals surface area contributed by atoms with Crippen LogP contribution in [0.2, 0.25) is 0 Å². The molecule has 4 heteroatoms. The number of rotatable bonds is 3. The van der Waals surface area contributed by atoms with Gasteiger partial charge in [-0.3, -0.25) is 0 Å². The van der Waals surface area contributed by atoms with Gasteiger partial charge in [-0.15, -0.1) is 11.6 Å². The van der Waals surface area contributed by atoms with Crippen molar-refractivity contribution in [1.82, 2.24) is 10.2 Å². The van der Waals surface area contributed by atoms with Crippen LogP contribution in [-0.4, -0.2) is 35.9 Å². The van der Waals surface area contributed by atoms with Gasteiger partial charge in [-0.25, -0.2) is 4.79 Å². The normalized spacial score (nSPS) is 19.7. The number of amides is 2. The molecule has 1 aliphatic heterocycles. The Morgan fingerprint density at radius 3 is 2.57 bits per heavy atom. The van der Waals surface area contributed by atoms with Crippen molar-refractivity contribution in [2.45, 2.75) is 33.2 Å². The molecule has 1 rings (SSSR count). The van der Waals surface area contributed by atoms with E-state index in [9.17, 15) is 4.79 Å². The van der Waals surface area contributed by atoms with Crippen molar-refractivity contribution in [3.05, 3.63) is 0 Å². The molecule has 0 aromatic rings. The SMILES string of the molecule is CC(C)(C)C(CCCl)N1CCNC1=O. The Morgan fingerprint density at radius 1 is 1.57 bits per heavy atom. The minimum atomic E-state index is 0.0510. The van der Waals surface area contributed by atoms with Gasteiger partial charge in [0, 0.05) is 25.0 Å². The van der Waals surface area contributed by atoms with Crippen LogP contribution in [0.5, 0.6) is 0 Å². The van der Waals surface area contributed by atoms with Crippen LogP contribution in [0.1, 0.15) is 27.2 Å². The zero-order valence-corrected chi connectivity index (χ0v) is 9.90. The Balaban J connectivity index is 2.71. The lowest BCUT2D eigenvalue weighted by Crippen LogP contribution is -2.46. The highest BCUT2D eigenvalue weighted by atomic mass is 35.5. The first-order chi connectivity index (χ1) is 6.46. The van der Waals surface area contributed by atoms with Crippen molar-refractivity contribution in [2.75, 3.05) is 19.0 Å². The third-order valence-corrected chi connectivity index (χ3v) is 2.87. The first kappa shape index (κ1) is 11.6. The topological polar surface area (TPSA) is 32.3 Å².